The van der Waals surface area contributed by atoms with Crippen molar-refractivity contribution in [3.8, 4) is 5.88 Å². The SMILES string of the molecule is O=S(=O)(Oc1ncc(C(F)(F)F)cc1I)C(F)(F)F. The lowest BCUT2D eigenvalue weighted by molar-refractivity contribution is -0.137. The number of rotatable bonds is 2. The van der Waals surface area contributed by atoms with Crippen molar-refractivity contribution in [2.45, 2.75) is 11.7 Å². The van der Waals surface area contributed by atoms with Crippen LogP contribution in [-0.2, 0) is 16.3 Å². The Labute approximate surface area is 116 Å². The van der Waals surface area contributed by atoms with Gasteiger partial charge in [-0.15, -0.1) is 0 Å². The molecule has 1 heterocycles. The molecule has 0 spiro atoms. The van der Waals surface area contributed by atoms with Crippen LogP contribution in [0, 0.1) is 3.57 Å². The van der Waals surface area contributed by atoms with Crippen LogP contribution in [0.25, 0.3) is 0 Å². The average Bonchev–Trinajstić information content (AvgIpc) is 2.17. The number of pyridine rings is 1. The molecule has 0 bridgehead atoms. The number of nitrogens with zero attached hydrogens (tertiary/aromatic N) is 1. The Morgan fingerprint density at radius 3 is 2.05 bits per heavy atom. The molecule has 0 N–H and O–H groups in total. The lowest BCUT2D eigenvalue weighted by atomic mass is 10.3. The Morgan fingerprint density at radius 1 is 1.16 bits per heavy atom. The third kappa shape index (κ3) is 3.84. The summed E-state index contributed by atoms with van der Waals surface area (Å²) in [4.78, 5) is 2.91. The van der Waals surface area contributed by atoms with Gasteiger partial charge in [-0.05, 0) is 28.7 Å². The van der Waals surface area contributed by atoms with Gasteiger partial charge in [0.15, 0.2) is 0 Å². The Hall–Kier alpha value is -0.790. The first-order valence-electron chi connectivity index (χ1n) is 4.08. The fourth-order valence-electron chi connectivity index (χ4n) is 0.793. The minimum Gasteiger partial charge on any atom is -0.354 e. The minimum absolute atomic E-state index is 0.170. The number of alkyl halides is 6. The van der Waals surface area contributed by atoms with Gasteiger partial charge in [-0.3, -0.25) is 0 Å². The van der Waals surface area contributed by atoms with E-state index in [1.807, 2.05) is 0 Å². The summed E-state index contributed by atoms with van der Waals surface area (Å²) in [5.74, 6) is -1.08. The molecule has 0 atom stereocenters. The summed E-state index contributed by atoms with van der Waals surface area (Å²) >= 11 is 1.17. The van der Waals surface area contributed by atoms with E-state index in [4.69, 9.17) is 0 Å². The first-order chi connectivity index (χ1) is 8.34. The van der Waals surface area contributed by atoms with Crippen molar-refractivity contribution in [2.24, 2.45) is 0 Å². The zero-order valence-electron chi connectivity index (χ0n) is 8.38. The van der Waals surface area contributed by atoms with Gasteiger partial charge in [-0.2, -0.15) is 34.8 Å². The van der Waals surface area contributed by atoms with Crippen LogP contribution in [0.2, 0.25) is 0 Å². The van der Waals surface area contributed by atoms with Crippen molar-refractivity contribution >= 4 is 32.7 Å². The number of halogens is 7. The molecule has 0 saturated carbocycles. The quantitative estimate of drug-likeness (QED) is 0.319. The summed E-state index contributed by atoms with van der Waals surface area (Å²) in [6.45, 7) is 0. The highest BCUT2D eigenvalue weighted by Crippen LogP contribution is 2.33. The number of hydrogen-bond acceptors (Lipinski definition) is 4. The van der Waals surface area contributed by atoms with Crippen LogP contribution in [0.1, 0.15) is 5.56 Å². The van der Waals surface area contributed by atoms with Crippen molar-refractivity contribution in [3.05, 3.63) is 21.4 Å². The topological polar surface area (TPSA) is 56.3 Å². The van der Waals surface area contributed by atoms with Gasteiger partial charge < -0.3 is 4.18 Å². The average molecular weight is 421 g/mol. The maximum atomic E-state index is 12.2. The molecule has 0 saturated heterocycles. The van der Waals surface area contributed by atoms with Crippen molar-refractivity contribution < 1.29 is 38.9 Å². The van der Waals surface area contributed by atoms with Gasteiger partial charge in [0.05, 0.1) is 9.13 Å². The van der Waals surface area contributed by atoms with Gasteiger partial charge in [0.25, 0.3) is 0 Å². The Kier molecular flexibility index (Phi) is 4.24. The maximum Gasteiger partial charge on any atom is 0.534 e. The minimum atomic E-state index is -5.97. The molecule has 4 nitrogen and oxygen atoms in total. The zero-order chi connectivity index (χ0) is 15.1. The lowest BCUT2D eigenvalue weighted by Gasteiger charge is -2.11. The van der Waals surface area contributed by atoms with Crippen LogP contribution < -0.4 is 4.18 Å². The van der Waals surface area contributed by atoms with Gasteiger partial charge in [0.2, 0.25) is 5.88 Å². The van der Waals surface area contributed by atoms with Crippen LogP contribution in [0.4, 0.5) is 26.3 Å². The summed E-state index contributed by atoms with van der Waals surface area (Å²) in [6, 6.07) is 0.411. The summed E-state index contributed by atoms with van der Waals surface area (Å²) in [5, 5.41) is 0. The van der Waals surface area contributed by atoms with Crippen LogP contribution in [0.15, 0.2) is 12.3 Å². The lowest BCUT2D eigenvalue weighted by Crippen LogP contribution is -2.28. The van der Waals surface area contributed by atoms with Gasteiger partial charge in [0.1, 0.15) is 0 Å². The van der Waals surface area contributed by atoms with E-state index in [2.05, 4.69) is 9.17 Å². The predicted molar refractivity (Wildman–Crippen MR) is 57.6 cm³/mol. The Balaban J connectivity index is 3.13. The monoisotopic (exact) mass is 421 g/mol. The van der Waals surface area contributed by atoms with Crippen LogP contribution >= 0.6 is 22.6 Å². The molecule has 108 valence electrons. The van der Waals surface area contributed by atoms with Crippen LogP contribution in [0.5, 0.6) is 5.88 Å². The molecule has 1 aromatic heterocycles. The van der Waals surface area contributed by atoms with Crippen molar-refractivity contribution in [1.29, 1.82) is 0 Å². The highest BCUT2D eigenvalue weighted by molar-refractivity contribution is 14.1. The molecule has 0 amide bonds. The van der Waals surface area contributed by atoms with Crippen LogP contribution in [-0.4, -0.2) is 18.9 Å². The molecule has 1 rings (SSSR count). The van der Waals surface area contributed by atoms with Gasteiger partial charge in [0, 0.05) is 6.20 Å². The molecular formula is C7H2F6INO3S. The smallest absolute Gasteiger partial charge is 0.354 e. The second kappa shape index (κ2) is 4.96. The molecule has 0 aliphatic rings. The third-order valence-corrected chi connectivity index (χ3v) is 3.32. The molecule has 0 unspecified atom stereocenters. The first-order valence-corrected chi connectivity index (χ1v) is 6.57. The van der Waals surface area contributed by atoms with E-state index < -0.39 is 36.8 Å². The van der Waals surface area contributed by atoms with E-state index >= 15 is 0 Å². The predicted octanol–water partition coefficient (Wildman–Crippen LogP) is 2.93. The zero-order valence-corrected chi connectivity index (χ0v) is 11.4. The number of hydrogen-bond donors (Lipinski definition) is 0. The largest absolute Gasteiger partial charge is 0.534 e. The third-order valence-electron chi connectivity index (χ3n) is 1.61. The summed E-state index contributed by atoms with van der Waals surface area (Å²) < 4.78 is 97.1. The van der Waals surface area contributed by atoms with E-state index in [0.717, 1.165) is 0 Å². The summed E-state index contributed by atoms with van der Waals surface area (Å²) in [6.07, 6.45) is -4.59. The molecule has 0 aliphatic heterocycles. The van der Waals surface area contributed by atoms with E-state index in [-0.39, 0.29) is 6.20 Å². The first kappa shape index (κ1) is 16.3. The van der Waals surface area contributed by atoms with Crippen LogP contribution in [0.3, 0.4) is 0 Å². The van der Waals surface area contributed by atoms with Crippen molar-refractivity contribution in [1.82, 2.24) is 4.98 Å². The van der Waals surface area contributed by atoms with E-state index in [1.54, 1.807) is 0 Å². The van der Waals surface area contributed by atoms with E-state index in [9.17, 15) is 34.8 Å². The van der Waals surface area contributed by atoms with Gasteiger partial charge in [-0.1, -0.05) is 0 Å². The van der Waals surface area contributed by atoms with Gasteiger partial charge >= 0.3 is 21.8 Å². The highest BCUT2D eigenvalue weighted by atomic mass is 127. The number of aromatic nitrogens is 1. The summed E-state index contributed by atoms with van der Waals surface area (Å²) in [7, 11) is -5.97. The molecule has 19 heavy (non-hydrogen) atoms. The second-order valence-corrected chi connectivity index (χ2v) is 5.69. The molecule has 0 fully saturated rings. The standard InChI is InChI=1S/C7H2F6INO3S/c8-6(9,10)3-1-4(14)5(15-2-3)18-19(16,17)7(11,12)13/h1-2H. The Bertz CT molecular complexity index is 581. The second-order valence-electron chi connectivity index (χ2n) is 2.99. The molecule has 12 heteroatoms. The fourth-order valence-corrected chi connectivity index (χ4v) is 1.96. The fraction of sp³-hybridized carbons (Fsp3) is 0.286. The molecule has 0 aliphatic carbocycles. The van der Waals surface area contributed by atoms with Crippen molar-refractivity contribution in [2.75, 3.05) is 0 Å². The molecular weight excluding hydrogens is 419 g/mol. The highest BCUT2D eigenvalue weighted by Gasteiger charge is 2.49. The van der Waals surface area contributed by atoms with Gasteiger partial charge in [-0.25, -0.2) is 4.98 Å². The molecule has 0 aromatic carbocycles. The normalized spacial score (nSPS) is 13.4. The Morgan fingerprint density at radius 2 is 1.68 bits per heavy atom. The van der Waals surface area contributed by atoms with E-state index in [0.29, 0.717) is 6.07 Å². The molecule has 0 radical (unpaired) electrons. The van der Waals surface area contributed by atoms with E-state index in [1.165, 1.54) is 22.6 Å². The molecule has 1 aromatic rings. The summed E-state index contributed by atoms with van der Waals surface area (Å²) in [5.41, 5.74) is -6.94. The maximum absolute atomic E-state index is 12.2. The van der Waals surface area contributed by atoms with Crippen molar-refractivity contribution in [3.63, 3.8) is 0 Å².